The summed E-state index contributed by atoms with van der Waals surface area (Å²) in [5.74, 6) is 3.55. The average Bonchev–Trinajstić information content (AvgIpc) is 3.58. The number of rotatable bonds is 12. The number of hydrogen-bond acceptors (Lipinski definition) is 8. The molecule has 5 fully saturated rings. The van der Waals surface area contributed by atoms with Crippen molar-refractivity contribution in [3.05, 3.63) is 69.9 Å². The van der Waals surface area contributed by atoms with Crippen molar-refractivity contribution in [3.63, 3.8) is 0 Å². The number of aryl methyl sites for hydroxylation is 1. The normalized spacial score (nSPS) is 23.7. The summed E-state index contributed by atoms with van der Waals surface area (Å²) in [6, 6.07) is 10.1. The number of carbonyl (C=O) groups is 2. The summed E-state index contributed by atoms with van der Waals surface area (Å²) >= 11 is 1.49. The molecule has 1 aromatic carbocycles. The van der Waals surface area contributed by atoms with Gasteiger partial charge in [0.25, 0.3) is 11.5 Å². The number of anilines is 1. The SMILES string of the molecule is CSc1cc(C)[nH]c(=O)c1CNC(=O)c1cc(-c2ccc(N3CCN(CCNC(=O)CC45CC6CC(CC(C6)C4)C5)CC3)nc2)cc2c1cnn2C(C)C. The summed E-state index contributed by atoms with van der Waals surface area (Å²) < 4.78 is 1.93. The number of aromatic nitrogens is 4. The lowest BCUT2D eigenvalue weighted by Gasteiger charge is -2.56. The Balaban J connectivity index is 0.885. The first kappa shape index (κ1) is 36.8. The minimum atomic E-state index is -0.262. The molecule has 4 bridgehead atoms. The number of benzene rings is 1. The molecule has 1 aliphatic heterocycles. The fourth-order valence-electron chi connectivity index (χ4n) is 10.4. The highest BCUT2D eigenvalue weighted by Gasteiger charge is 2.51. The minimum absolute atomic E-state index is 0.103. The number of aromatic amines is 1. The first-order chi connectivity index (χ1) is 26.1. The Morgan fingerprint density at radius 1 is 0.963 bits per heavy atom. The lowest BCUT2D eigenvalue weighted by atomic mass is 9.49. The van der Waals surface area contributed by atoms with Crippen molar-refractivity contribution in [3.8, 4) is 11.1 Å². The van der Waals surface area contributed by atoms with Gasteiger partial charge in [0.15, 0.2) is 0 Å². The molecule has 4 aliphatic carbocycles. The Hall–Kier alpha value is -4.16. The van der Waals surface area contributed by atoms with Gasteiger partial charge in [-0.25, -0.2) is 4.98 Å². The van der Waals surface area contributed by atoms with Crippen molar-refractivity contribution in [1.82, 2.24) is 35.3 Å². The number of pyridine rings is 2. The monoisotopic (exact) mass is 750 g/mol. The third-order valence-corrected chi connectivity index (χ3v) is 13.4. The van der Waals surface area contributed by atoms with Crippen molar-refractivity contribution in [1.29, 1.82) is 0 Å². The molecule has 0 radical (unpaired) electrons. The number of thioether (sulfide) groups is 1. The van der Waals surface area contributed by atoms with Crippen molar-refractivity contribution in [2.45, 2.75) is 83.2 Å². The van der Waals surface area contributed by atoms with E-state index in [4.69, 9.17) is 4.98 Å². The molecule has 3 N–H and O–H groups in total. The molecule has 4 aromatic rings. The predicted octanol–water partition coefficient (Wildman–Crippen LogP) is 6.17. The first-order valence-corrected chi connectivity index (χ1v) is 21.1. The average molecular weight is 751 g/mol. The smallest absolute Gasteiger partial charge is 0.254 e. The van der Waals surface area contributed by atoms with Gasteiger partial charge in [0.05, 0.1) is 17.3 Å². The molecule has 9 rings (SSSR count). The molecule has 0 spiro atoms. The molecule has 3 aromatic heterocycles. The van der Waals surface area contributed by atoms with E-state index in [2.05, 4.69) is 62.6 Å². The minimum Gasteiger partial charge on any atom is -0.355 e. The molecule has 1 saturated heterocycles. The van der Waals surface area contributed by atoms with E-state index < -0.39 is 0 Å². The van der Waals surface area contributed by atoms with Crippen LogP contribution in [0.25, 0.3) is 22.0 Å². The van der Waals surface area contributed by atoms with Crippen LogP contribution in [-0.2, 0) is 11.3 Å². The highest BCUT2D eigenvalue weighted by molar-refractivity contribution is 7.98. The summed E-state index contributed by atoms with van der Waals surface area (Å²) in [4.78, 5) is 52.9. The maximum atomic E-state index is 13.8. The Morgan fingerprint density at radius 2 is 1.69 bits per heavy atom. The maximum absolute atomic E-state index is 13.8. The maximum Gasteiger partial charge on any atom is 0.254 e. The lowest BCUT2D eigenvalue weighted by Crippen LogP contribution is -2.50. The quantitative estimate of drug-likeness (QED) is 0.147. The van der Waals surface area contributed by atoms with Crippen molar-refractivity contribution in [2.24, 2.45) is 23.2 Å². The highest BCUT2D eigenvalue weighted by Crippen LogP contribution is 2.61. The van der Waals surface area contributed by atoms with Crippen LogP contribution in [-0.4, -0.2) is 82.0 Å². The van der Waals surface area contributed by atoms with Crippen LogP contribution in [0.4, 0.5) is 5.82 Å². The number of hydrogen-bond donors (Lipinski definition) is 3. The number of piperazine rings is 1. The zero-order valence-electron chi connectivity index (χ0n) is 32.1. The van der Waals surface area contributed by atoms with Crippen LogP contribution in [0.3, 0.4) is 0 Å². The summed E-state index contributed by atoms with van der Waals surface area (Å²) in [5, 5.41) is 11.7. The van der Waals surface area contributed by atoms with Crippen LogP contribution in [0.2, 0.25) is 0 Å². The molecule has 4 saturated carbocycles. The second-order valence-corrected chi connectivity index (χ2v) is 17.7. The number of nitrogens with zero attached hydrogens (tertiary/aromatic N) is 5. The van der Waals surface area contributed by atoms with Crippen LogP contribution < -0.4 is 21.1 Å². The van der Waals surface area contributed by atoms with Crippen LogP contribution in [0.15, 0.2) is 52.4 Å². The molecule has 0 atom stereocenters. The van der Waals surface area contributed by atoms with Crippen LogP contribution in [0, 0.1) is 30.1 Å². The molecular weight excluding hydrogens is 697 g/mol. The van der Waals surface area contributed by atoms with Gasteiger partial charge in [-0.2, -0.15) is 5.10 Å². The van der Waals surface area contributed by atoms with Crippen LogP contribution in [0.1, 0.15) is 86.5 Å². The van der Waals surface area contributed by atoms with E-state index in [1.807, 2.05) is 36.2 Å². The van der Waals surface area contributed by atoms with E-state index in [0.29, 0.717) is 17.7 Å². The molecule has 54 heavy (non-hydrogen) atoms. The number of amides is 2. The Bertz CT molecular complexity index is 2050. The van der Waals surface area contributed by atoms with E-state index in [1.165, 1.54) is 50.3 Å². The molecule has 0 unspecified atom stereocenters. The van der Waals surface area contributed by atoms with Gasteiger partial charge in [-0.05, 0) is 125 Å². The Kier molecular flexibility index (Phi) is 10.3. The standard InChI is InChI=1S/C42H54N8O3S/c1-26(2)50-36-18-32(17-33(34(36)25-46-50)40(52)45-24-35-37(54-4)13-27(3)47-41(35)53)31-5-6-38(44-23-31)49-11-9-48(10-12-49)8-7-43-39(51)22-42-19-28-14-29(20-42)16-30(15-28)21-42/h5-6,13,17-18,23,25-26,28-30H,7-12,14-16,19-22,24H2,1-4H3,(H,43,51)(H,45,52)(H,47,53). The van der Waals surface area contributed by atoms with Crippen molar-refractivity contribution in [2.75, 3.05) is 50.4 Å². The summed E-state index contributed by atoms with van der Waals surface area (Å²) in [6.45, 7) is 11.3. The largest absolute Gasteiger partial charge is 0.355 e. The second-order valence-electron chi connectivity index (χ2n) is 16.8. The van der Waals surface area contributed by atoms with Gasteiger partial charge >= 0.3 is 0 Å². The third-order valence-electron chi connectivity index (χ3n) is 12.6. The third kappa shape index (κ3) is 7.56. The topological polar surface area (TPSA) is 128 Å². The van der Waals surface area contributed by atoms with Crippen molar-refractivity contribution < 1.29 is 9.59 Å². The molecule has 5 aliphatic rings. The van der Waals surface area contributed by atoms with E-state index in [-0.39, 0.29) is 35.4 Å². The van der Waals surface area contributed by atoms with Crippen LogP contribution >= 0.6 is 11.8 Å². The molecule has 4 heterocycles. The zero-order chi connectivity index (χ0) is 37.6. The van der Waals surface area contributed by atoms with Gasteiger partial charge < -0.3 is 20.5 Å². The Morgan fingerprint density at radius 3 is 2.33 bits per heavy atom. The summed E-state index contributed by atoms with van der Waals surface area (Å²) in [5.41, 5.74) is 4.59. The highest BCUT2D eigenvalue weighted by atomic mass is 32.2. The van der Waals surface area contributed by atoms with Gasteiger partial charge in [0, 0.05) is 91.6 Å². The number of nitrogens with one attached hydrogen (secondary N) is 3. The van der Waals surface area contributed by atoms with E-state index >= 15 is 0 Å². The zero-order valence-corrected chi connectivity index (χ0v) is 32.9. The predicted molar refractivity (Wildman–Crippen MR) is 215 cm³/mol. The molecule has 12 heteroatoms. The fourth-order valence-corrected chi connectivity index (χ4v) is 11.1. The van der Waals surface area contributed by atoms with Gasteiger partial charge in [-0.15, -0.1) is 11.8 Å². The first-order valence-electron chi connectivity index (χ1n) is 19.8. The second kappa shape index (κ2) is 15.2. The van der Waals surface area contributed by atoms with Crippen molar-refractivity contribution >= 4 is 40.3 Å². The molecular formula is C42H54N8O3S. The molecule has 2 amide bonds. The fraction of sp³-hybridized carbons (Fsp3) is 0.548. The van der Waals surface area contributed by atoms with E-state index in [1.54, 1.807) is 6.20 Å². The number of carbonyl (C=O) groups excluding carboxylic acids is 2. The molecule has 11 nitrogen and oxygen atoms in total. The Labute approximate surface area is 322 Å². The van der Waals surface area contributed by atoms with Gasteiger partial charge in [-0.1, -0.05) is 0 Å². The van der Waals surface area contributed by atoms with E-state index in [9.17, 15) is 14.4 Å². The van der Waals surface area contributed by atoms with Gasteiger partial charge in [-0.3, -0.25) is 24.0 Å². The number of fused-ring (bicyclic) bond motifs is 1. The van der Waals surface area contributed by atoms with E-state index in [0.717, 1.165) is 95.3 Å². The lowest BCUT2D eigenvalue weighted by molar-refractivity contribution is -0.129. The molecule has 286 valence electrons. The number of H-pyrrole nitrogens is 1. The van der Waals surface area contributed by atoms with Gasteiger partial charge in [0.2, 0.25) is 5.91 Å². The summed E-state index contributed by atoms with van der Waals surface area (Å²) in [6.07, 6.45) is 14.4. The van der Waals surface area contributed by atoms with Gasteiger partial charge in [0.1, 0.15) is 5.82 Å². The van der Waals surface area contributed by atoms with Crippen LogP contribution in [0.5, 0.6) is 0 Å². The summed E-state index contributed by atoms with van der Waals surface area (Å²) in [7, 11) is 0.